The Balaban J connectivity index is 2.19. The van der Waals surface area contributed by atoms with Crippen LogP contribution in [0, 0.1) is 6.92 Å². The van der Waals surface area contributed by atoms with Crippen molar-refractivity contribution in [1.82, 2.24) is 20.3 Å². The number of nitrogens with two attached hydrogens (primary N) is 1. The Labute approximate surface area is 129 Å². The van der Waals surface area contributed by atoms with Gasteiger partial charge in [0.1, 0.15) is 5.75 Å². The van der Waals surface area contributed by atoms with Gasteiger partial charge in [-0.05, 0) is 45.0 Å². The Hall–Kier alpha value is -2.41. The van der Waals surface area contributed by atoms with Crippen molar-refractivity contribution in [3.05, 3.63) is 35.7 Å². The van der Waals surface area contributed by atoms with E-state index in [4.69, 9.17) is 10.5 Å². The Morgan fingerprint density at radius 3 is 2.55 bits per heavy atom. The number of rotatable bonds is 5. The zero-order valence-corrected chi connectivity index (χ0v) is 13.3. The average Bonchev–Trinajstić information content (AvgIpc) is 2.86. The van der Waals surface area contributed by atoms with Crippen molar-refractivity contribution in [2.75, 3.05) is 13.7 Å². The average molecular weight is 303 g/mol. The van der Waals surface area contributed by atoms with Crippen LogP contribution in [0.4, 0.5) is 0 Å². The predicted octanol–water partition coefficient (Wildman–Crippen LogP) is 1.05. The summed E-state index contributed by atoms with van der Waals surface area (Å²) in [6, 6.07) is 7.36. The first-order chi connectivity index (χ1) is 10.3. The number of carbonyl (C=O) groups is 1. The van der Waals surface area contributed by atoms with Gasteiger partial charge in [0.25, 0.3) is 5.91 Å². The molecule has 0 saturated carbocycles. The molecule has 0 fully saturated rings. The van der Waals surface area contributed by atoms with Gasteiger partial charge in [0.05, 0.1) is 18.5 Å². The fourth-order valence-corrected chi connectivity index (χ4v) is 1.90. The van der Waals surface area contributed by atoms with Crippen LogP contribution in [0.5, 0.6) is 5.75 Å². The monoisotopic (exact) mass is 303 g/mol. The lowest BCUT2D eigenvalue weighted by molar-refractivity contribution is 0.0940. The summed E-state index contributed by atoms with van der Waals surface area (Å²) in [6.45, 7) is 5.84. The lowest BCUT2D eigenvalue weighted by atomic mass is 10.1. The first-order valence-electron chi connectivity index (χ1n) is 6.95. The largest absolute Gasteiger partial charge is 0.497 e. The Morgan fingerprint density at radius 2 is 2.00 bits per heavy atom. The Bertz CT molecular complexity index is 656. The highest BCUT2D eigenvalue weighted by atomic mass is 16.5. The van der Waals surface area contributed by atoms with Crippen LogP contribution in [0.15, 0.2) is 24.3 Å². The SMILES string of the molecule is COc1ccc(-n2nnc(C(=O)NCC(C)(C)N)c2C)cc1. The molecule has 0 spiro atoms. The molecule has 0 aliphatic rings. The quantitative estimate of drug-likeness (QED) is 0.861. The highest BCUT2D eigenvalue weighted by Crippen LogP contribution is 2.16. The molecule has 0 aliphatic heterocycles. The third-order valence-electron chi connectivity index (χ3n) is 3.13. The molecule has 1 amide bonds. The summed E-state index contributed by atoms with van der Waals surface area (Å²) in [5.74, 6) is 0.473. The van der Waals surface area contributed by atoms with E-state index in [1.807, 2.05) is 38.1 Å². The van der Waals surface area contributed by atoms with Gasteiger partial charge in [-0.1, -0.05) is 5.21 Å². The molecule has 2 rings (SSSR count). The molecule has 0 bridgehead atoms. The van der Waals surface area contributed by atoms with E-state index in [1.165, 1.54) is 0 Å². The van der Waals surface area contributed by atoms with Crippen molar-refractivity contribution in [3.63, 3.8) is 0 Å². The van der Waals surface area contributed by atoms with Gasteiger partial charge in [-0.2, -0.15) is 0 Å². The highest BCUT2D eigenvalue weighted by Gasteiger charge is 2.19. The molecule has 1 heterocycles. The first-order valence-corrected chi connectivity index (χ1v) is 6.95. The molecule has 3 N–H and O–H groups in total. The van der Waals surface area contributed by atoms with Crippen LogP contribution in [-0.2, 0) is 0 Å². The molecular weight excluding hydrogens is 282 g/mol. The van der Waals surface area contributed by atoms with Crippen LogP contribution in [0.2, 0.25) is 0 Å². The van der Waals surface area contributed by atoms with Gasteiger partial charge in [-0.3, -0.25) is 4.79 Å². The molecule has 7 nitrogen and oxygen atoms in total. The summed E-state index contributed by atoms with van der Waals surface area (Å²) in [6.07, 6.45) is 0. The summed E-state index contributed by atoms with van der Waals surface area (Å²) in [5, 5.41) is 10.8. The molecule has 118 valence electrons. The summed E-state index contributed by atoms with van der Waals surface area (Å²) < 4.78 is 6.73. The van der Waals surface area contributed by atoms with Crippen LogP contribution in [0.25, 0.3) is 5.69 Å². The van der Waals surface area contributed by atoms with Crippen LogP contribution in [0.3, 0.4) is 0 Å². The van der Waals surface area contributed by atoms with Gasteiger partial charge >= 0.3 is 0 Å². The zero-order chi connectivity index (χ0) is 16.3. The molecule has 1 aromatic heterocycles. The molecule has 0 aliphatic carbocycles. The number of ether oxygens (including phenoxy) is 1. The molecule has 7 heteroatoms. The minimum atomic E-state index is -0.477. The highest BCUT2D eigenvalue weighted by molar-refractivity contribution is 5.93. The van der Waals surface area contributed by atoms with Crippen LogP contribution in [-0.4, -0.2) is 40.1 Å². The lowest BCUT2D eigenvalue weighted by Crippen LogP contribution is -2.45. The molecule has 0 unspecified atom stereocenters. The van der Waals surface area contributed by atoms with Crippen LogP contribution >= 0.6 is 0 Å². The second-order valence-electron chi connectivity index (χ2n) is 5.80. The summed E-state index contributed by atoms with van der Waals surface area (Å²) >= 11 is 0. The minimum absolute atomic E-state index is 0.282. The fourth-order valence-electron chi connectivity index (χ4n) is 1.90. The molecule has 22 heavy (non-hydrogen) atoms. The summed E-state index contributed by atoms with van der Waals surface area (Å²) in [7, 11) is 1.61. The van der Waals surface area contributed by atoms with E-state index in [-0.39, 0.29) is 5.91 Å². The minimum Gasteiger partial charge on any atom is -0.497 e. The summed E-state index contributed by atoms with van der Waals surface area (Å²) in [5.41, 5.74) is 7.14. The van der Waals surface area contributed by atoms with E-state index in [1.54, 1.807) is 18.7 Å². The van der Waals surface area contributed by atoms with Gasteiger partial charge in [0.15, 0.2) is 5.69 Å². The number of aromatic nitrogens is 3. The lowest BCUT2D eigenvalue weighted by Gasteiger charge is -2.18. The number of amides is 1. The van der Waals surface area contributed by atoms with Gasteiger partial charge < -0.3 is 15.8 Å². The molecule has 0 atom stereocenters. The normalized spacial score (nSPS) is 11.3. The van der Waals surface area contributed by atoms with Crippen molar-refractivity contribution in [2.24, 2.45) is 5.73 Å². The first kappa shape index (κ1) is 16.0. The summed E-state index contributed by atoms with van der Waals surface area (Å²) in [4.78, 5) is 12.2. The number of nitrogens with one attached hydrogen (secondary N) is 1. The second kappa shape index (κ2) is 6.15. The van der Waals surface area contributed by atoms with Gasteiger partial charge in [-0.25, -0.2) is 4.68 Å². The molecule has 1 aromatic carbocycles. The number of hydrogen-bond acceptors (Lipinski definition) is 5. The van der Waals surface area contributed by atoms with E-state index in [0.717, 1.165) is 11.4 Å². The third kappa shape index (κ3) is 3.62. The maximum atomic E-state index is 12.2. The van der Waals surface area contributed by atoms with Crippen LogP contribution in [0.1, 0.15) is 30.0 Å². The molecular formula is C15H21N5O2. The van der Waals surface area contributed by atoms with E-state index in [2.05, 4.69) is 15.6 Å². The molecule has 0 saturated heterocycles. The fraction of sp³-hybridized carbons (Fsp3) is 0.400. The van der Waals surface area contributed by atoms with Crippen molar-refractivity contribution < 1.29 is 9.53 Å². The van der Waals surface area contributed by atoms with Crippen molar-refractivity contribution in [3.8, 4) is 11.4 Å². The number of carbonyl (C=O) groups excluding carboxylic acids is 1. The van der Waals surface area contributed by atoms with Crippen LogP contribution < -0.4 is 15.8 Å². The second-order valence-corrected chi connectivity index (χ2v) is 5.80. The number of nitrogens with zero attached hydrogens (tertiary/aromatic N) is 3. The number of hydrogen-bond donors (Lipinski definition) is 2. The standard InChI is InChI=1S/C15H21N5O2/c1-10-13(14(21)17-9-15(2,3)16)18-19-20(10)11-5-7-12(22-4)8-6-11/h5-8H,9,16H2,1-4H3,(H,17,21). The topological polar surface area (TPSA) is 95.1 Å². The van der Waals surface area contributed by atoms with Crippen molar-refractivity contribution >= 4 is 5.91 Å². The number of benzene rings is 1. The molecule has 0 radical (unpaired) electrons. The van der Waals surface area contributed by atoms with Gasteiger partial charge in [-0.15, -0.1) is 5.10 Å². The van der Waals surface area contributed by atoms with Crippen molar-refractivity contribution in [1.29, 1.82) is 0 Å². The van der Waals surface area contributed by atoms with E-state index in [0.29, 0.717) is 17.9 Å². The predicted molar refractivity (Wildman–Crippen MR) is 83.2 cm³/mol. The Morgan fingerprint density at radius 1 is 1.36 bits per heavy atom. The zero-order valence-electron chi connectivity index (χ0n) is 13.3. The number of methoxy groups -OCH3 is 1. The van der Waals surface area contributed by atoms with E-state index < -0.39 is 5.54 Å². The van der Waals surface area contributed by atoms with Crippen molar-refractivity contribution in [2.45, 2.75) is 26.3 Å². The smallest absolute Gasteiger partial charge is 0.273 e. The van der Waals surface area contributed by atoms with Gasteiger partial charge in [0.2, 0.25) is 0 Å². The van der Waals surface area contributed by atoms with E-state index in [9.17, 15) is 4.79 Å². The maximum absolute atomic E-state index is 12.2. The maximum Gasteiger partial charge on any atom is 0.273 e. The van der Waals surface area contributed by atoms with Gasteiger partial charge in [0, 0.05) is 12.1 Å². The molecule has 2 aromatic rings. The Kier molecular flexibility index (Phi) is 4.46. The third-order valence-corrected chi connectivity index (χ3v) is 3.13. The van der Waals surface area contributed by atoms with E-state index >= 15 is 0 Å².